The maximum Gasteiger partial charge on any atom is 0.408 e. The lowest BCUT2D eigenvalue weighted by molar-refractivity contribution is -0.126. The maximum atomic E-state index is 12.0. The highest BCUT2D eigenvalue weighted by Gasteiger charge is 2.19. The van der Waals surface area contributed by atoms with E-state index in [1.54, 1.807) is 13.0 Å². The van der Waals surface area contributed by atoms with Gasteiger partial charge < -0.3 is 14.8 Å². The van der Waals surface area contributed by atoms with Gasteiger partial charge in [0, 0.05) is 5.02 Å². The Morgan fingerprint density at radius 1 is 1.41 bits per heavy atom. The highest BCUT2D eigenvalue weighted by atomic mass is 35.5. The molecule has 1 aromatic rings. The maximum absolute atomic E-state index is 12.0. The summed E-state index contributed by atoms with van der Waals surface area (Å²) in [5, 5.41) is 3.09. The van der Waals surface area contributed by atoms with Crippen molar-refractivity contribution in [2.45, 2.75) is 26.0 Å². The van der Waals surface area contributed by atoms with Crippen LogP contribution in [0.4, 0.5) is 4.79 Å². The third-order valence-electron chi connectivity index (χ3n) is 2.88. The van der Waals surface area contributed by atoms with Gasteiger partial charge in [0.1, 0.15) is 13.2 Å². The standard InChI is InChI=1S/C16H20ClNO4/c1-3-9-22-16(20)18-14(4-2)15(19)11-21-10-12-7-5-6-8-13(12)17/h3,5-8,14H,1,4,9-11H2,2H3,(H,18,20)/t14-/m0/s1. The van der Waals surface area contributed by atoms with E-state index in [1.807, 2.05) is 18.2 Å². The molecule has 1 rings (SSSR count). The van der Waals surface area contributed by atoms with E-state index in [-0.39, 0.29) is 25.6 Å². The monoisotopic (exact) mass is 325 g/mol. The predicted octanol–water partition coefficient (Wildman–Crippen LogP) is 3.12. The summed E-state index contributed by atoms with van der Waals surface area (Å²) in [6, 6.07) is 6.62. The highest BCUT2D eigenvalue weighted by molar-refractivity contribution is 6.31. The molecular weight excluding hydrogens is 306 g/mol. The predicted molar refractivity (Wildman–Crippen MR) is 84.9 cm³/mol. The molecule has 0 aliphatic carbocycles. The third-order valence-corrected chi connectivity index (χ3v) is 3.25. The molecule has 0 unspecified atom stereocenters. The van der Waals surface area contributed by atoms with Crippen molar-refractivity contribution >= 4 is 23.5 Å². The van der Waals surface area contributed by atoms with Gasteiger partial charge in [0.15, 0.2) is 5.78 Å². The van der Waals surface area contributed by atoms with Crippen LogP contribution in [-0.4, -0.2) is 31.1 Å². The first kappa shape index (κ1) is 18.2. The molecule has 1 N–H and O–H groups in total. The van der Waals surface area contributed by atoms with Gasteiger partial charge in [0.25, 0.3) is 0 Å². The molecule has 0 saturated heterocycles. The number of halogens is 1. The quantitative estimate of drug-likeness (QED) is 0.708. The average Bonchev–Trinajstić information content (AvgIpc) is 2.52. The Labute approximate surface area is 135 Å². The molecule has 0 saturated carbocycles. The average molecular weight is 326 g/mol. The summed E-state index contributed by atoms with van der Waals surface area (Å²) < 4.78 is 10.2. The Balaban J connectivity index is 2.40. The number of hydrogen-bond acceptors (Lipinski definition) is 4. The van der Waals surface area contributed by atoms with Crippen LogP contribution >= 0.6 is 11.6 Å². The zero-order chi connectivity index (χ0) is 16.4. The molecule has 5 nitrogen and oxygen atoms in total. The Morgan fingerprint density at radius 3 is 2.77 bits per heavy atom. The Bertz CT molecular complexity index is 519. The molecule has 0 aromatic heterocycles. The lowest BCUT2D eigenvalue weighted by Crippen LogP contribution is -2.42. The first-order valence-electron chi connectivity index (χ1n) is 6.96. The minimum Gasteiger partial charge on any atom is -0.445 e. The van der Waals surface area contributed by atoms with Gasteiger partial charge in [0.2, 0.25) is 0 Å². The minimum atomic E-state index is -0.647. The van der Waals surface area contributed by atoms with Crippen molar-refractivity contribution < 1.29 is 19.1 Å². The summed E-state index contributed by atoms with van der Waals surface area (Å²) in [6.45, 7) is 5.47. The molecule has 0 radical (unpaired) electrons. The van der Waals surface area contributed by atoms with E-state index in [0.717, 1.165) is 5.56 Å². The van der Waals surface area contributed by atoms with E-state index in [9.17, 15) is 9.59 Å². The molecule has 120 valence electrons. The first-order valence-corrected chi connectivity index (χ1v) is 7.34. The van der Waals surface area contributed by atoms with E-state index in [0.29, 0.717) is 11.4 Å². The number of ether oxygens (including phenoxy) is 2. The topological polar surface area (TPSA) is 64.6 Å². The second kappa shape index (κ2) is 9.97. The number of rotatable bonds is 9. The number of Topliss-reactive ketones (excluding diaryl/α,β-unsaturated/α-hetero) is 1. The van der Waals surface area contributed by atoms with E-state index >= 15 is 0 Å². The van der Waals surface area contributed by atoms with Crippen LogP contribution in [-0.2, 0) is 20.9 Å². The van der Waals surface area contributed by atoms with Crippen molar-refractivity contribution in [1.82, 2.24) is 5.32 Å². The van der Waals surface area contributed by atoms with Crippen LogP contribution in [0.3, 0.4) is 0 Å². The lowest BCUT2D eigenvalue weighted by Gasteiger charge is -2.15. The van der Waals surface area contributed by atoms with Gasteiger partial charge in [-0.3, -0.25) is 4.79 Å². The SMILES string of the molecule is C=CCOC(=O)N[C@@H](CC)C(=O)COCc1ccccc1Cl. The Hall–Kier alpha value is -1.85. The summed E-state index contributed by atoms with van der Waals surface area (Å²) in [6.07, 6.45) is 1.26. The number of carbonyl (C=O) groups is 2. The fraction of sp³-hybridized carbons (Fsp3) is 0.375. The van der Waals surface area contributed by atoms with Gasteiger partial charge in [-0.2, -0.15) is 0 Å². The van der Waals surface area contributed by atoms with Crippen molar-refractivity contribution in [3.05, 3.63) is 47.5 Å². The van der Waals surface area contributed by atoms with Crippen LogP contribution in [0.1, 0.15) is 18.9 Å². The van der Waals surface area contributed by atoms with Gasteiger partial charge in [0.05, 0.1) is 12.6 Å². The second-order valence-corrected chi connectivity index (χ2v) is 4.95. The van der Waals surface area contributed by atoms with Crippen LogP contribution in [0.15, 0.2) is 36.9 Å². The number of hydrogen-bond donors (Lipinski definition) is 1. The number of benzene rings is 1. The summed E-state index contributed by atoms with van der Waals surface area (Å²) >= 11 is 6.00. The minimum absolute atomic E-state index is 0.0967. The fourth-order valence-electron chi connectivity index (χ4n) is 1.71. The number of amides is 1. The molecule has 0 heterocycles. The van der Waals surface area contributed by atoms with Gasteiger partial charge in [-0.05, 0) is 18.1 Å². The van der Waals surface area contributed by atoms with Gasteiger partial charge in [-0.1, -0.05) is 49.4 Å². The zero-order valence-electron chi connectivity index (χ0n) is 12.5. The van der Waals surface area contributed by atoms with Crippen molar-refractivity contribution in [2.75, 3.05) is 13.2 Å². The van der Waals surface area contributed by atoms with E-state index in [4.69, 9.17) is 21.1 Å². The molecular formula is C16H20ClNO4. The molecule has 0 aliphatic heterocycles. The molecule has 0 bridgehead atoms. The number of carbonyl (C=O) groups excluding carboxylic acids is 2. The normalized spacial score (nSPS) is 11.5. The molecule has 0 aliphatic rings. The van der Waals surface area contributed by atoms with Gasteiger partial charge >= 0.3 is 6.09 Å². The highest BCUT2D eigenvalue weighted by Crippen LogP contribution is 2.15. The largest absolute Gasteiger partial charge is 0.445 e. The molecule has 1 aromatic carbocycles. The number of nitrogens with one attached hydrogen (secondary N) is 1. The molecule has 1 atom stereocenters. The van der Waals surface area contributed by atoms with Crippen molar-refractivity contribution in [3.63, 3.8) is 0 Å². The molecule has 0 fully saturated rings. The fourth-order valence-corrected chi connectivity index (χ4v) is 1.90. The summed E-state index contributed by atoms with van der Waals surface area (Å²) in [5.74, 6) is -0.217. The van der Waals surface area contributed by atoms with Gasteiger partial charge in [-0.15, -0.1) is 0 Å². The van der Waals surface area contributed by atoms with Gasteiger partial charge in [-0.25, -0.2) is 4.79 Å². The van der Waals surface area contributed by atoms with E-state index in [2.05, 4.69) is 11.9 Å². The molecule has 1 amide bonds. The zero-order valence-corrected chi connectivity index (χ0v) is 13.3. The summed E-state index contributed by atoms with van der Waals surface area (Å²) in [7, 11) is 0. The summed E-state index contributed by atoms with van der Waals surface area (Å²) in [4.78, 5) is 23.4. The number of alkyl carbamates (subject to hydrolysis) is 1. The Kier molecular flexibility index (Phi) is 8.25. The third kappa shape index (κ3) is 6.28. The van der Waals surface area contributed by atoms with Crippen LogP contribution in [0, 0.1) is 0 Å². The smallest absolute Gasteiger partial charge is 0.408 e. The van der Waals surface area contributed by atoms with E-state index in [1.165, 1.54) is 6.08 Å². The van der Waals surface area contributed by atoms with Crippen molar-refractivity contribution in [2.24, 2.45) is 0 Å². The molecule has 6 heteroatoms. The van der Waals surface area contributed by atoms with Crippen LogP contribution in [0.25, 0.3) is 0 Å². The Morgan fingerprint density at radius 2 is 2.14 bits per heavy atom. The summed E-state index contributed by atoms with van der Waals surface area (Å²) in [5.41, 5.74) is 0.809. The lowest BCUT2D eigenvalue weighted by atomic mass is 10.1. The number of ketones is 1. The van der Waals surface area contributed by atoms with Crippen LogP contribution < -0.4 is 5.32 Å². The van der Waals surface area contributed by atoms with Crippen molar-refractivity contribution in [3.8, 4) is 0 Å². The van der Waals surface area contributed by atoms with E-state index < -0.39 is 12.1 Å². The van der Waals surface area contributed by atoms with Crippen molar-refractivity contribution in [1.29, 1.82) is 0 Å². The van der Waals surface area contributed by atoms with Crippen LogP contribution in [0.2, 0.25) is 5.02 Å². The molecule has 22 heavy (non-hydrogen) atoms. The second-order valence-electron chi connectivity index (χ2n) is 4.54. The van der Waals surface area contributed by atoms with Crippen LogP contribution in [0.5, 0.6) is 0 Å². The first-order chi connectivity index (χ1) is 10.6. The molecule has 0 spiro atoms.